The van der Waals surface area contributed by atoms with E-state index in [-0.39, 0.29) is 29.7 Å². The first-order chi connectivity index (χ1) is 4.54. The van der Waals surface area contributed by atoms with Gasteiger partial charge in [0.2, 0.25) is 0 Å². The molecule has 0 radical (unpaired) electrons. The van der Waals surface area contributed by atoms with Crippen molar-refractivity contribution in [3.63, 3.8) is 0 Å². The second-order valence-electron chi connectivity index (χ2n) is 1.08. The van der Waals surface area contributed by atoms with Gasteiger partial charge in [-0.25, -0.2) is 9.59 Å². The molecule has 0 aromatic rings. The number of rotatable bonds is 2. The highest BCUT2D eigenvalue weighted by Crippen LogP contribution is 1.55. The fourth-order valence-electron chi connectivity index (χ4n) is 0. The molecule has 0 aliphatic heterocycles. The molecule has 0 rings (SSSR count). The molecule has 88 valence electrons. The molecule has 4 heteroatoms. The van der Waals surface area contributed by atoms with Crippen molar-refractivity contribution in [2.75, 3.05) is 0 Å². The fourth-order valence-corrected chi connectivity index (χ4v) is 0. The van der Waals surface area contributed by atoms with Gasteiger partial charge in [-0.2, -0.15) is 0 Å². The van der Waals surface area contributed by atoms with E-state index in [4.69, 9.17) is 10.2 Å². The predicted octanol–water partition coefficient (Wildman–Crippen LogP) is 3.06. The summed E-state index contributed by atoms with van der Waals surface area (Å²) in [5, 5.41) is 15.2. The minimum Gasteiger partial charge on any atom is -0.478 e. The van der Waals surface area contributed by atoms with Gasteiger partial charge in [0.25, 0.3) is 0 Å². The van der Waals surface area contributed by atoms with Gasteiger partial charge < -0.3 is 10.2 Å². The van der Waals surface area contributed by atoms with E-state index in [0.717, 1.165) is 12.2 Å². The van der Waals surface area contributed by atoms with Crippen molar-refractivity contribution < 1.29 is 19.8 Å². The van der Waals surface area contributed by atoms with Crippen LogP contribution < -0.4 is 0 Å². The molecule has 0 aromatic carbocycles. The lowest BCUT2D eigenvalue weighted by molar-refractivity contribution is -0.132. The van der Waals surface area contributed by atoms with Crippen LogP contribution in [0.4, 0.5) is 0 Å². The smallest absolute Gasteiger partial charge is 0.327 e. The molecule has 0 aliphatic rings. The summed E-state index contributed by atoms with van der Waals surface area (Å²) in [4.78, 5) is 18.5. The third-order valence-electron chi connectivity index (χ3n) is 0.349. The molecule has 0 aromatic heterocycles. The molecular weight excluding hydrogens is 184 g/mol. The molecular formula is C10H24O4. The Bertz CT molecular complexity index is 132. The van der Waals surface area contributed by atoms with Gasteiger partial charge in [0.15, 0.2) is 0 Å². The lowest BCUT2D eigenvalue weighted by atomic mass is 10.7. The maximum atomic E-state index is 9.25. The predicted molar refractivity (Wildman–Crippen MR) is 62.6 cm³/mol. The molecule has 0 unspecified atom stereocenters. The third-order valence-corrected chi connectivity index (χ3v) is 0.349. The van der Waals surface area contributed by atoms with Crippen molar-refractivity contribution in [2.24, 2.45) is 0 Å². The monoisotopic (exact) mass is 208 g/mol. The number of carboxylic acid groups (broad SMARTS) is 2. The number of carbonyl (C=O) groups is 2. The van der Waals surface area contributed by atoms with Crippen LogP contribution in [0.25, 0.3) is 0 Å². The highest BCUT2D eigenvalue weighted by atomic mass is 16.4. The van der Waals surface area contributed by atoms with Crippen LogP contribution in [-0.2, 0) is 9.59 Å². The molecule has 14 heavy (non-hydrogen) atoms. The Morgan fingerprint density at radius 3 is 0.857 bits per heavy atom. The zero-order valence-corrected chi connectivity index (χ0v) is 5.28. The molecule has 0 spiro atoms. The largest absolute Gasteiger partial charge is 0.478 e. The summed E-state index contributed by atoms with van der Waals surface area (Å²) >= 11 is 0. The quantitative estimate of drug-likeness (QED) is 0.684. The Morgan fingerprint density at radius 1 is 0.786 bits per heavy atom. The zero-order chi connectivity index (χ0) is 8.57. The Balaban J connectivity index is -0.0000000178. The van der Waals surface area contributed by atoms with Crippen molar-refractivity contribution in [1.29, 1.82) is 0 Å². The summed E-state index contributed by atoms with van der Waals surface area (Å²) in [5.41, 5.74) is 0. The Hall–Kier alpha value is -1.58. The molecule has 4 nitrogen and oxygen atoms in total. The third kappa shape index (κ3) is 158. The molecule has 0 fully saturated rings. The first-order valence-electron chi connectivity index (χ1n) is 2.25. The van der Waals surface area contributed by atoms with E-state index in [9.17, 15) is 9.59 Å². The van der Waals surface area contributed by atoms with Crippen LogP contribution in [0.5, 0.6) is 0 Å². The molecule has 0 amide bonds. The minimum absolute atomic E-state index is 0. The Kier molecular flexibility index (Phi) is 84.4. The van der Waals surface area contributed by atoms with E-state index in [1.807, 2.05) is 0 Å². The van der Waals surface area contributed by atoms with Gasteiger partial charge in [0, 0.05) is 12.2 Å². The summed E-state index contributed by atoms with van der Waals surface area (Å²) in [6, 6.07) is 0. The molecule has 0 aliphatic carbocycles. The Labute approximate surface area is 87.6 Å². The van der Waals surface area contributed by atoms with Crippen molar-refractivity contribution in [2.45, 2.75) is 29.7 Å². The van der Waals surface area contributed by atoms with E-state index in [1.165, 1.54) is 0 Å². The van der Waals surface area contributed by atoms with E-state index in [0.29, 0.717) is 0 Å². The van der Waals surface area contributed by atoms with Crippen molar-refractivity contribution in [1.82, 2.24) is 0 Å². The summed E-state index contributed by atoms with van der Waals surface area (Å²) in [6.07, 6.45) is 1.67. The SMILES string of the molecule is C.C.C.C.C=CC(=O)O.C=CC(=O)O. The number of hydrogen-bond acceptors (Lipinski definition) is 2. The number of carboxylic acids is 2. The second kappa shape index (κ2) is 30.1. The van der Waals surface area contributed by atoms with Crippen LogP contribution in [0, 0.1) is 0 Å². The first-order valence-corrected chi connectivity index (χ1v) is 2.25. The van der Waals surface area contributed by atoms with Crippen LogP contribution in [0.15, 0.2) is 25.3 Å². The fraction of sp³-hybridized carbons (Fsp3) is 0.400. The first kappa shape index (κ1) is 39.3. The standard InChI is InChI=1S/2C3H4O2.4CH4/c2*1-2-3(4)5;;;;/h2*2H,1H2,(H,4,5);4*1H4. The van der Waals surface area contributed by atoms with Gasteiger partial charge in [0.1, 0.15) is 0 Å². The van der Waals surface area contributed by atoms with Gasteiger partial charge in [-0.15, -0.1) is 0 Å². The van der Waals surface area contributed by atoms with Crippen LogP contribution in [0.1, 0.15) is 29.7 Å². The summed E-state index contributed by atoms with van der Waals surface area (Å²) in [6.45, 7) is 5.92. The van der Waals surface area contributed by atoms with Crippen molar-refractivity contribution in [3.8, 4) is 0 Å². The van der Waals surface area contributed by atoms with Gasteiger partial charge in [-0.3, -0.25) is 0 Å². The van der Waals surface area contributed by atoms with Crippen molar-refractivity contribution >= 4 is 11.9 Å². The molecule has 0 saturated carbocycles. The van der Waals surface area contributed by atoms with Crippen LogP contribution >= 0.6 is 0 Å². The maximum absolute atomic E-state index is 9.25. The van der Waals surface area contributed by atoms with E-state index in [1.54, 1.807) is 0 Å². The summed E-state index contributed by atoms with van der Waals surface area (Å²) in [7, 11) is 0. The van der Waals surface area contributed by atoms with Crippen LogP contribution in [-0.4, -0.2) is 22.2 Å². The summed E-state index contributed by atoms with van der Waals surface area (Å²) in [5.74, 6) is -1.96. The molecule has 0 heterocycles. The van der Waals surface area contributed by atoms with E-state index < -0.39 is 11.9 Å². The van der Waals surface area contributed by atoms with Gasteiger partial charge in [-0.1, -0.05) is 42.9 Å². The number of aliphatic carboxylic acids is 2. The van der Waals surface area contributed by atoms with Crippen LogP contribution in [0.2, 0.25) is 0 Å². The maximum Gasteiger partial charge on any atom is 0.327 e. The van der Waals surface area contributed by atoms with Crippen molar-refractivity contribution in [3.05, 3.63) is 25.3 Å². The van der Waals surface area contributed by atoms with Gasteiger partial charge >= 0.3 is 11.9 Å². The molecule has 0 saturated heterocycles. The lowest BCUT2D eigenvalue weighted by Crippen LogP contribution is -1.82. The molecule has 2 N–H and O–H groups in total. The molecule has 0 atom stereocenters. The summed E-state index contributed by atoms with van der Waals surface area (Å²) < 4.78 is 0. The topological polar surface area (TPSA) is 74.6 Å². The molecule has 0 bridgehead atoms. The Morgan fingerprint density at radius 2 is 0.857 bits per heavy atom. The average molecular weight is 208 g/mol. The van der Waals surface area contributed by atoms with Crippen LogP contribution in [0.3, 0.4) is 0 Å². The van der Waals surface area contributed by atoms with E-state index in [2.05, 4.69) is 13.2 Å². The average Bonchev–Trinajstić information content (AvgIpc) is 1.89. The highest BCUT2D eigenvalue weighted by Gasteiger charge is 1.73. The normalized spacial score (nSPS) is 4.57. The minimum atomic E-state index is -0.981. The zero-order valence-electron chi connectivity index (χ0n) is 5.28. The van der Waals surface area contributed by atoms with E-state index >= 15 is 0 Å². The lowest BCUT2D eigenvalue weighted by Gasteiger charge is -1.64. The highest BCUT2D eigenvalue weighted by molar-refractivity contribution is 5.79. The van der Waals surface area contributed by atoms with Gasteiger partial charge in [0.05, 0.1) is 0 Å². The number of hydrogen-bond donors (Lipinski definition) is 2. The second-order valence-corrected chi connectivity index (χ2v) is 1.08. The van der Waals surface area contributed by atoms with Gasteiger partial charge in [-0.05, 0) is 0 Å².